The van der Waals surface area contributed by atoms with Gasteiger partial charge in [-0.2, -0.15) is 0 Å². The maximum atomic E-state index is 13.0. The van der Waals surface area contributed by atoms with Crippen LogP contribution in [0.2, 0.25) is 0 Å². The van der Waals surface area contributed by atoms with Crippen LogP contribution in [0.25, 0.3) is 0 Å². The van der Waals surface area contributed by atoms with Crippen LogP contribution in [0.4, 0.5) is 5.69 Å². The highest BCUT2D eigenvalue weighted by atomic mass is 16.5. The number of benzene rings is 1. The van der Waals surface area contributed by atoms with Crippen molar-refractivity contribution in [2.45, 2.75) is 45.6 Å². The summed E-state index contributed by atoms with van der Waals surface area (Å²) in [5, 5.41) is 2.95. The van der Waals surface area contributed by atoms with Crippen LogP contribution in [0.15, 0.2) is 48.8 Å². The summed E-state index contributed by atoms with van der Waals surface area (Å²) >= 11 is 0. The van der Waals surface area contributed by atoms with Gasteiger partial charge in [-0.05, 0) is 49.9 Å². The summed E-state index contributed by atoms with van der Waals surface area (Å²) in [4.78, 5) is 31.5. The number of hydrogen-bond acceptors (Lipinski definition) is 4. The second-order valence-corrected chi connectivity index (χ2v) is 6.98. The normalized spacial score (nSPS) is 16.2. The molecule has 0 unspecified atom stereocenters. The Labute approximate surface area is 165 Å². The van der Waals surface area contributed by atoms with Crippen LogP contribution in [0.3, 0.4) is 0 Å². The number of pyridine rings is 1. The van der Waals surface area contributed by atoms with Crippen molar-refractivity contribution in [3.8, 4) is 11.5 Å². The number of carbonyl (C=O) groups is 2. The number of aromatic nitrogens is 1. The van der Waals surface area contributed by atoms with Gasteiger partial charge < -0.3 is 15.0 Å². The van der Waals surface area contributed by atoms with E-state index in [1.54, 1.807) is 41.6 Å². The number of hydrogen-bond donors (Lipinski definition) is 1. The Hall–Kier alpha value is -2.89. The van der Waals surface area contributed by atoms with Gasteiger partial charge in [0.25, 0.3) is 0 Å². The molecular formula is C22H27N3O3. The van der Waals surface area contributed by atoms with E-state index in [1.807, 2.05) is 26.0 Å². The average Bonchev–Trinajstić information content (AvgIpc) is 3.21. The SMILES string of the molecule is CCC(CC)C(=O)N1CCC[C@H]1C(=O)Nc1ccccc1Oc1cccnc1. The van der Waals surface area contributed by atoms with Crippen LogP contribution in [0.5, 0.6) is 11.5 Å². The number of likely N-dealkylation sites (tertiary alicyclic amines) is 1. The van der Waals surface area contributed by atoms with Crippen LogP contribution in [-0.4, -0.2) is 34.3 Å². The third-order valence-corrected chi connectivity index (χ3v) is 5.18. The molecule has 2 heterocycles. The molecule has 1 fully saturated rings. The van der Waals surface area contributed by atoms with Gasteiger partial charge in [0.05, 0.1) is 11.9 Å². The molecule has 1 N–H and O–H groups in total. The third kappa shape index (κ3) is 4.50. The molecule has 6 nitrogen and oxygen atoms in total. The Morgan fingerprint density at radius 1 is 1.21 bits per heavy atom. The maximum Gasteiger partial charge on any atom is 0.247 e. The lowest BCUT2D eigenvalue weighted by Crippen LogP contribution is -2.45. The standard InChI is InChI=1S/C22H27N3O3/c1-3-16(4-2)22(27)25-14-8-11-19(25)21(26)24-18-10-5-6-12-20(18)28-17-9-7-13-23-15-17/h5-7,9-10,12-13,15-16,19H,3-4,8,11,14H2,1-2H3,(H,24,26)/t19-/m0/s1. The molecule has 1 saturated heterocycles. The van der Waals surface area contributed by atoms with Crippen LogP contribution in [0, 0.1) is 5.92 Å². The summed E-state index contributed by atoms with van der Waals surface area (Å²) in [6.07, 6.45) is 6.41. The largest absolute Gasteiger partial charge is 0.454 e. The lowest BCUT2D eigenvalue weighted by Gasteiger charge is -2.27. The van der Waals surface area contributed by atoms with Gasteiger partial charge in [-0.3, -0.25) is 14.6 Å². The van der Waals surface area contributed by atoms with E-state index in [9.17, 15) is 9.59 Å². The van der Waals surface area contributed by atoms with Gasteiger partial charge in [-0.15, -0.1) is 0 Å². The van der Waals surface area contributed by atoms with Crippen molar-refractivity contribution >= 4 is 17.5 Å². The van der Waals surface area contributed by atoms with Crippen molar-refractivity contribution in [2.75, 3.05) is 11.9 Å². The zero-order valence-electron chi connectivity index (χ0n) is 16.4. The van der Waals surface area contributed by atoms with Gasteiger partial charge in [0, 0.05) is 18.7 Å². The van der Waals surface area contributed by atoms with Gasteiger partial charge >= 0.3 is 0 Å². The average molecular weight is 381 g/mol. The number of rotatable bonds is 7. The number of anilines is 1. The monoisotopic (exact) mass is 381 g/mol. The number of ether oxygens (including phenoxy) is 1. The first-order valence-electron chi connectivity index (χ1n) is 9.92. The fourth-order valence-corrected chi connectivity index (χ4v) is 3.58. The number of para-hydroxylation sites is 2. The summed E-state index contributed by atoms with van der Waals surface area (Å²) < 4.78 is 5.86. The van der Waals surface area contributed by atoms with Crippen LogP contribution < -0.4 is 10.1 Å². The Kier molecular flexibility index (Phi) is 6.63. The molecule has 0 saturated carbocycles. The van der Waals surface area contributed by atoms with Crippen molar-refractivity contribution in [3.05, 3.63) is 48.8 Å². The maximum absolute atomic E-state index is 13.0. The molecule has 0 spiro atoms. The lowest BCUT2D eigenvalue weighted by molar-refractivity contribution is -0.140. The fraction of sp³-hybridized carbons (Fsp3) is 0.409. The Balaban J connectivity index is 1.73. The quantitative estimate of drug-likeness (QED) is 0.779. The topological polar surface area (TPSA) is 71.5 Å². The molecule has 0 aliphatic carbocycles. The summed E-state index contributed by atoms with van der Waals surface area (Å²) in [7, 11) is 0. The summed E-state index contributed by atoms with van der Waals surface area (Å²) in [6, 6.07) is 10.4. The number of nitrogens with one attached hydrogen (secondary N) is 1. The molecule has 1 aliphatic rings. The smallest absolute Gasteiger partial charge is 0.247 e. The van der Waals surface area contributed by atoms with Gasteiger partial charge in [-0.1, -0.05) is 26.0 Å². The van der Waals surface area contributed by atoms with Crippen LogP contribution >= 0.6 is 0 Å². The van der Waals surface area contributed by atoms with Crippen LogP contribution in [0.1, 0.15) is 39.5 Å². The minimum atomic E-state index is -0.431. The van der Waals surface area contributed by atoms with Crippen LogP contribution in [-0.2, 0) is 9.59 Å². The molecule has 2 amide bonds. The van der Waals surface area contributed by atoms with Gasteiger partial charge in [0.1, 0.15) is 11.8 Å². The molecule has 6 heteroatoms. The third-order valence-electron chi connectivity index (χ3n) is 5.18. The Bertz CT molecular complexity index is 806. The van der Waals surface area contributed by atoms with E-state index < -0.39 is 6.04 Å². The van der Waals surface area contributed by atoms with E-state index in [4.69, 9.17) is 4.74 Å². The zero-order valence-corrected chi connectivity index (χ0v) is 16.4. The second kappa shape index (κ2) is 9.35. The van der Waals surface area contributed by atoms with Crippen molar-refractivity contribution in [1.29, 1.82) is 0 Å². The molecule has 1 atom stereocenters. The van der Waals surface area contributed by atoms with E-state index in [-0.39, 0.29) is 17.7 Å². The van der Waals surface area contributed by atoms with Gasteiger partial charge in [0.2, 0.25) is 11.8 Å². The molecule has 2 aromatic rings. The van der Waals surface area contributed by atoms with Crippen molar-refractivity contribution < 1.29 is 14.3 Å². The predicted molar refractivity (Wildman–Crippen MR) is 108 cm³/mol. The van der Waals surface area contributed by atoms with E-state index in [2.05, 4.69) is 10.3 Å². The zero-order chi connectivity index (χ0) is 19.9. The lowest BCUT2D eigenvalue weighted by atomic mass is 10.0. The van der Waals surface area contributed by atoms with E-state index in [0.29, 0.717) is 30.2 Å². The minimum absolute atomic E-state index is 0.0189. The molecular weight excluding hydrogens is 354 g/mol. The highest BCUT2D eigenvalue weighted by molar-refractivity contribution is 5.98. The number of carbonyl (C=O) groups excluding carboxylic acids is 2. The molecule has 1 aliphatic heterocycles. The summed E-state index contributed by atoms with van der Waals surface area (Å²) in [5.41, 5.74) is 0.582. The molecule has 1 aromatic heterocycles. The minimum Gasteiger partial charge on any atom is -0.454 e. The Morgan fingerprint density at radius 2 is 2.00 bits per heavy atom. The van der Waals surface area contributed by atoms with Gasteiger partial charge in [-0.25, -0.2) is 0 Å². The van der Waals surface area contributed by atoms with E-state index in [1.165, 1.54) is 0 Å². The van der Waals surface area contributed by atoms with Gasteiger partial charge in [0.15, 0.2) is 5.75 Å². The first-order chi connectivity index (χ1) is 13.6. The highest BCUT2D eigenvalue weighted by Crippen LogP contribution is 2.30. The molecule has 28 heavy (non-hydrogen) atoms. The molecule has 0 bridgehead atoms. The molecule has 0 radical (unpaired) electrons. The van der Waals surface area contributed by atoms with Crippen molar-refractivity contribution in [3.63, 3.8) is 0 Å². The van der Waals surface area contributed by atoms with E-state index in [0.717, 1.165) is 19.3 Å². The first-order valence-corrected chi connectivity index (χ1v) is 9.92. The Morgan fingerprint density at radius 3 is 2.71 bits per heavy atom. The highest BCUT2D eigenvalue weighted by Gasteiger charge is 2.36. The predicted octanol–water partition coefficient (Wildman–Crippen LogP) is 4.24. The first kappa shape index (κ1) is 19.9. The van der Waals surface area contributed by atoms with E-state index >= 15 is 0 Å². The summed E-state index contributed by atoms with van der Waals surface area (Å²) in [5.74, 6) is 1.03. The summed E-state index contributed by atoms with van der Waals surface area (Å²) in [6.45, 7) is 4.67. The fourth-order valence-electron chi connectivity index (χ4n) is 3.58. The number of nitrogens with zero attached hydrogens (tertiary/aromatic N) is 2. The van der Waals surface area contributed by atoms with Crippen molar-refractivity contribution in [1.82, 2.24) is 9.88 Å². The molecule has 148 valence electrons. The molecule has 1 aromatic carbocycles. The second-order valence-electron chi connectivity index (χ2n) is 6.98. The number of amides is 2. The van der Waals surface area contributed by atoms with Crippen molar-refractivity contribution in [2.24, 2.45) is 5.92 Å². The molecule has 3 rings (SSSR count).